The molecule has 2 nitrogen and oxygen atoms in total. The van der Waals surface area contributed by atoms with E-state index in [1.165, 1.54) is 4.74 Å². The fourth-order valence-electron chi connectivity index (χ4n) is 0.741. The second-order valence-corrected chi connectivity index (χ2v) is 3.05. The van der Waals surface area contributed by atoms with Crippen molar-refractivity contribution in [3.05, 3.63) is 0 Å². The van der Waals surface area contributed by atoms with E-state index in [1.807, 2.05) is 6.26 Å². The molecule has 62 valence electrons. The van der Waals surface area contributed by atoms with Crippen molar-refractivity contribution in [1.29, 1.82) is 0 Å². The molecule has 0 bridgehead atoms. The number of hydrogen-bond donors (Lipinski definition) is 1. The van der Waals surface area contributed by atoms with E-state index in [1.54, 1.807) is 18.8 Å². The zero-order chi connectivity index (χ0) is 7.44. The molecule has 0 rings (SSSR count). The van der Waals surface area contributed by atoms with Crippen molar-refractivity contribution in [1.82, 2.24) is 0 Å². The Labute approximate surface area is 83.7 Å². The first-order valence-corrected chi connectivity index (χ1v) is 4.15. The summed E-state index contributed by atoms with van der Waals surface area (Å²) in [6.07, 6.45) is 1.96. The van der Waals surface area contributed by atoms with Crippen LogP contribution in [0.1, 0.15) is 13.8 Å². The van der Waals surface area contributed by atoms with E-state index in [4.69, 9.17) is 5.21 Å². The number of rotatable bonds is 1. The molecule has 4 heteroatoms. The van der Waals surface area contributed by atoms with E-state index in [-0.39, 0.29) is 24.0 Å². The second-order valence-electron chi connectivity index (χ2n) is 2.22. The number of nitrogens with zero attached hydrogens (tertiary/aromatic N) is 1. The SMILES string of the molecule is CS/C(C(C)C)=[N+](/C)O.[I-]. The third-order valence-corrected chi connectivity index (χ3v) is 2.18. The topological polar surface area (TPSA) is 23.2 Å². The molecule has 1 N–H and O–H groups in total. The molecule has 0 spiro atoms. The van der Waals surface area contributed by atoms with Crippen LogP contribution in [-0.2, 0) is 0 Å². The Kier molecular flexibility index (Phi) is 8.26. The Balaban J connectivity index is 0. The molecule has 0 saturated carbocycles. The van der Waals surface area contributed by atoms with Gasteiger partial charge in [0.05, 0.1) is 0 Å². The molecule has 0 aromatic rings. The summed E-state index contributed by atoms with van der Waals surface area (Å²) in [5, 5.41) is 9.95. The summed E-state index contributed by atoms with van der Waals surface area (Å²) in [5.41, 5.74) is 0. The van der Waals surface area contributed by atoms with Crippen LogP contribution in [0, 0.1) is 5.92 Å². The van der Waals surface area contributed by atoms with E-state index < -0.39 is 0 Å². The molecule has 0 radical (unpaired) electrons. The fraction of sp³-hybridized carbons (Fsp3) is 0.833. The molecule has 0 aromatic carbocycles. The lowest BCUT2D eigenvalue weighted by Gasteiger charge is -1.99. The summed E-state index contributed by atoms with van der Waals surface area (Å²) in [7, 11) is 1.64. The van der Waals surface area contributed by atoms with Crippen LogP contribution < -0.4 is 24.0 Å². The van der Waals surface area contributed by atoms with Crippen molar-refractivity contribution < 1.29 is 33.9 Å². The van der Waals surface area contributed by atoms with Crippen LogP contribution in [0.5, 0.6) is 0 Å². The molecule has 0 saturated heterocycles. The number of halogens is 1. The van der Waals surface area contributed by atoms with E-state index in [0.29, 0.717) is 5.92 Å². The van der Waals surface area contributed by atoms with Crippen molar-refractivity contribution in [2.24, 2.45) is 5.92 Å². The molecule has 0 aliphatic rings. The molecule has 10 heavy (non-hydrogen) atoms. The summed E-state index contributed by atoms with van der Waals surface area (Å²) in [6.45, 7) is 4.11. The lowest BCUT2D eigenvalue weighted by Crippen LogP contribution is -3.00. The second kappa shape index (κ2) is 6.27. The van der Waals surface area contributed by atoms with Crippen LogP contribution in [0.15, 0.2) is 0 Å². The highest BCUT2D eigenvalue weighted by molar-refractivity contribution is 8.13. The smallest absolute Gasteiger partial charge is 0.262 e. The number of hydroxylamine groups is 1. The van der Waals surface area contributed by atoms with Gasteiger partial charge in [-0.15, -0.1) is 0 Å². The van der Waals surface area contributed by atoms with Crippen LogP contribution in [0.25, 0.3) is 0 Å². The average molecular weight is 275 g/mol. The lowest BCUT2D eigenvalue weighted by molar-refractivity contribution is -0.753. The standard InChI is InChI=1S/C6H14NOS.HI/c1-5(2)6(9-4)7(3)8;/h5,8H,1-4H3;1H/q+1;/p-1/b7-6-;. The monoisotopic (exact) mass is 275 g/mol. The third kappa shape index (κ3) is 4.38. The highest BCUT2D eigenvalue weighted by Crippen LogP contribution is 2.06. The molecule has 0 aliphatic carbocycles. The first kappa shape index (κ1) is 13.2. The predicted octanol–water partition coefficient (Wildman–Crippen LogP) is -1.56. The summed E-state index contributed by atoms with van der Waals surface area (Å²) >= 11 is 1.58. The van der Waals surface area contributed by atoms with Gasteiger partial charge in [0.15, 0.2) is 7.05 Å². The first-order valence-electron chi connectivity index (χ1n) is 2.93. The first-order chi connectivity index (χ1) is 4.09. The minimum absolute atomic E-state index is 0. The van der Waals surface area contributed by atoms with Gasteiger partial charge < -0.3 is 24.0 Å². The lowest BCUT2D eigenvalue weighted by atomic mass is 10.2. The Hall–Kier alpha value is 0.550. The van der Waals surface area contributed by atoms with Crippen LogP contribution in [0.3, 0.4) is 0 Å². The van der Waals surface area contributed by atoms with Gasteiger partial charge in [-0.25, -0.2) is 0 Å². The molecule has 0 heterocycles. The van der Waals surface area contributed by atoms with Crippen LogP contribution in [-0.4, -0.2) is 28.3 Å². The van der Waals surface area contributed by atoms with Gasteiger partial charge in [0.1, 0.15) is 0 Å². The minimum atomic E-state index is 0. The molecule has 0 atom stereocenters. The van der Waals surface area contributed by atoms with Gasteiger partial charge in [0.2, 0.25) is 0 Å². The Morgan fingerprint density at radius 3 is 1.90 bits per heavy atom. The third-order valence-electron chi connectivity index (χ3n) is 1.02. The van der Waals surface area contributed by atoms with Crippen molar-refractivity contribution >= 4 is 16.8 Å². The highest BCUT2D eigenvalue weighted by atomic mass is 127. The molecular formula is C6H14INOS. The van der Waals surface area contributed by atoms with Crippen molar-refractivity contribution in [3.63, 3.8) is 0 Å². The largest absolute Gasteiger partial charge is 1.00 e. The molecule has 0 aromatic heterocycles. The van der Waals surface area contributed by atoms with E-state index in [9.17, 15) is 0 Å². The van der Waals surface area contributed by atoms with Crippen LogP contribution in [0.2, 0.25) is 0 Å². The van der Waals surface area contributed by atoms with Gasteiger partial charge in [-0.3, -0.25) is 5.21 Å². The van der Waals surface area contributed by atoms with Gasteiger partial charge in [-0.05, 0) is 11.0 Å². The van der Waals surface area contributed by atoms with Gasteiger partial charge in [0.25, 0.3) is 5.04 Å². The van der Waals surface area contributed by atoms with Crippen LogP contribution >= 0.6 is 11.8 Å². The van der Waals surface area contributed by atoms with E-state index in [2.05, 4.69) is 13.8 Å². The van der Waals surface area contributed by atoms with E-state index in [0.717, 1.165) is 5.04 Å². The molecule has 0 unspecified atom stereocenters. The summed E-state index contributed by atoms with van der Waals surface area (Å²) in [6, 6.07) is 0. The highest BCUT2D eigenvalue weighted by Gasteiger charge is 2.13. The van der Waals surface area contributed by atoms with Crippen molar-refractivity contribution in [2.45, 2.75) is 13.8 Å². The summed E-state index contributed by atoms with van der Waals surface area (Å²) in [4.78, 5) is 0. The minimum Gasteiger partial charge on any atom is -1.00 e. The molecule has 0 amide bonds. The zero-order valence-corrected chi connectivity index (χ0v) is 9.73. The quantitative estimate of drug-likeness (QED) is 0.156. The molecule has 0 aliphatic heterocycles. The number of hydrogen-bond acceptors (Lipinski definition) is 2. The maximum absolute atomic E-state index is 8.96. The summed E-state index contributed by atoms with van der Waals surface area (Å²) < 4.78 is 1.18. The molecular weight excluding hydrogens is 261 g/mol. The Morgan fingerprint density at radius 1 is 1.50 bits per heavy atom. The van der Waals surface area contributed by atoms with Gasteiger partial charge in [-0.1, -0.05) is 25.6 Å². The summed E-state index contributed by atoms with van der Waals surface area (Å²) in [5.74, 6) is 0.412. The van der Waals surface area contributed by atoms with Crippen molar-refractivity contribution in [2.75, 3.05) is 13.3 Å². The number of thioether (sulfide) groups is 1. The maximum atomic E-state index is 8.96. The Morgan fingerprint density at radius 2 is 1.90 bits per heavy atom. The van der Waals surface area contributed by atoms with Gasteiger partial charge in [0, 0.05) is 5.92 Å². The average Bonchev–Trinajstić information content (AvgIpc) is 1.64. The van der Waals surface area contributed by atoms with E-state index >= 15 is 0 Å². The van der Waals surface area contributed by atoms with Gasteiger partial charge in [-0.2, -0.15) is 0 Å². The van der Waals surface area contributed by atoms with Gasteiger partial charge >= 0.3 is 0 Å². The van der Waals surface area contributed by atoms with Crippen LogP contribution in [0.4, 0.5) is 0 Å². The zero-order valence-electron chi connectivity index (χ0n) is 6.76. The normalized spacial score (nSPS) is 12.5. The van der Waals surface area contributed by atoms with Crippen molar-refractivity contribution in [3.8, 4) is 0 Å². The maximum Gasteiger partial charge on any atom is 0.262 e. The Bertz CT molecular complexity index is 121. The molecule has 0 fully saturated rings. The fourth-order valence-corrected chi connectivity index (χ4v) is 1.48. The predicted molar refractivity (Wildman–Crippen MR) is 41.3 cm³/mol.